The van der Waals surface area contributed by atoms with E-state index in [0.29, 0.717) is 13.0 Å². The second kappa shape index (κ2) is 8.42. The number of rotatable bonds is 7. The second-order valence-electron chi connectivity index (χ2n) is 3.59. The third-order valence-electron chi connectivity index (χ3n) is 2.02. The first kappa shape index (κ1) is 15.3. The summed E-state index contributed by atoms with van der Waals surface area (Å²) >= 11 is 0. The predicted octanol–water partition coefficient (Wildman–Crippen LogP) is 0.141. The van der Waals surface area contributed by atoms with Gasteiger partial charge < -0.3 is 20.1 Å². The van der Waals surface area contributed by atoms with Gasteiger partial charge in [-0.25, -0.2) is 4.79 Å². The van der Waals surface area contributed by atoms with Gasteiger partial charge in [-0.3, -0.25) is 4.79 Å². The Labute approximate surface area is 101 Å². The van der Waals surface area contributed by atoms with E-state index >= 15 is 0 Å². The average molecular weight is 242 g/mol. The van der Waals surface area contributed by atoms with Crippen molar-refractivity contribution < 1.29 is 19.4 Å². The van der Waals surface area contributed by atoms with Crippen molar-refractivity contribution in [3.63, 3.8) is 0 Å². The van der Waals surface area contributed by atoms with Crippen molar-refractivity contribution in [2.24, 2.45) is 0 Å². The van der Waals surface area contributed by atoms with Crippen molar-refractivity contribution in [2.45, 2.75) is 19.4 Å². The Morgan fingerprint density at radius 3 is 2.71 bits per heavy atom. The van der Waals surface area contributed by atoms with Crippen molar-refractivity contribution in [1.29, 1.82) is 0 Å². The Bertz CT molecular complexity index is 298. The third kappa shape index (κ3) is 7.19. The summed E-state index contributed by atoms with van der Waals surface area (Å²) in [7, 11) is 1.57. The molecule has 17 heavy (non-hydrogen) atoms. The normalized spacial score (nSPS) is 11.4. The maximum Gasteiger partial charge on any atom is 0.323 e. The Hall–Kier alpha value is -1.74. The molecule has 96 valence electrons. The van der Waals surface area contributed by atoms with Crippen LogP contribution in [0.25, 0.3) is 0 Å². The van der Waals surface area contributed by atoms with Crippen LogP contribution in [0.2, 0.25) is 0 Å². The van der Waals surface area contributed by atoms with Crippen molar-refractivity contribution in [3.8, 4) is 12.3 Å². The molecule has 0 bridgehead atoms. The van der Waals surface area contributed by atoms with Crippen LogP contribution in [-0.2, 0) is 9.53 Å². The van der Waals surface area contributed by atoms with E-state index < -0.39 is 18.5 Å². The number of methoxy groups -OCH3 is 1. The lowest BCUT2D eigenvalue weighted by Gasteiger charge is -2.21. The highest BCUT2D eigenvalue weighted by atomic mass is 16.5. The minimum absolute atomic E-state index is 0.0326. The molecule has 0 saturated heterocycles. The molecule has 0 aliphatic heterocycles. The summed E-state index contributed by atoms with van der Waals surface area (Å²) in [6.45, 7) is 1.89. The van der Waals surface area contributed by atoms with Gasteiger partial charge in [0.25, 0.3) is 0 Å². The lowest BCUT2D eigenvalue weighted by Crippen LogP contribution is -2.46. The van der Waals surface area contributed by atoms with Gasteiger partial charge in [0, 0.05) is 19.8 Å². The van der Waals surface area contributed by atoms with Gasteiger partial charge in [-0.15, -0.1) is 6.42 Å². The number of hydrogen-bond acceptors (Lipinski definition) is 3. The zero-order valence-electron chi connectivity index (χ0n) is 10.1. The van der Waals surface area contributed by atoms with Gasteiger partial charge in [0.2, 0.25) is 0 Å². The molecule has 0 radical (unpaired) electrons. The monoisotopic (exact) mass is 242 g/mol. The molecule has 2 N–H and O–H groups in total. The van der Waals surface area contributed by atoms with Crippen LogP contribution in [0.4, 0.5) is 4.79 Å². The molecule has 0 aliphatic carbocycles. The van der Waals surface area contributed by atoms with Crippen molar-refractivity contribution >= 4 is 12.0 Å². The fourth-order valence-electron chi connectivity index (χ4n) is 1.14. The number of hydrogen-bond donors (Lipinski definition) is 2. The van der Waals surface area contributed by atoms with Crippen LogP contribution in [-0.4, -0.2) is 54.9 Å². The summed E-state index contributed by atoms with van der Waals surface area (Å²) in [6.07, 6.45) is 5.72. The van der Waals surface area contributed by atoms with Gasteiger partial charge in [-0.2, -0.15) is 0 Å². The molecule has 0 aliphatic rings. The fourth-order valence-corrected chi connectivity index (χ4v) is 1.14. The summed E-state index contributed by atoms with van der Waals surface area (Å²) in [5.41, 5.74) is 0. The minimum atomic E-state index is -1.10. The van der Waals surface area contributed by atoms with Crippen LogP contribution in [0, 0.1) is 12.3 Å². The number of carbonyl (C=O) groups is 2. The summed E-state index contributed by atoms with van der Waals surface area (Å²) < 4.78 is 4.88. The van der Waals surface area contributed by atoms with Gasteiger partial charge in [-0.1, -0.05) is 5.92 Å². The van der Waals surface area contributed by atoms with E-state index in [2.05, 4.69) is 11.2 Å². The number of aliphatic carboxylic acids is 1. The van der Waals surface area contributed by atoms with E-state index in [9.17, 15) is 9.59 Å². The van der Waals surface area contributed by atoms with Crippen LogP contribution in [0.3, 0.4) is 0 Å². The molecule has 0 aromatic rings. The highest BCUT2D eigenvalue weighted by Gasteiger charge is 2.17. The van der Waals surface area contributed by atoms with Gasteiger partial charge >= 0.3 is 12.0 Å². The van der Waals surface area contributed by atoms with Crippen molar-refractivity contribution in [2.75, 3.05) is 26.8 Å². The second-order valence-corrected chi connectivity index (χ2v) is 3.59. The molecule has 0 spiro atoms. The molecule has 0 saturated carbocycles. The van der Waals surface area contributed by atoms with Crippen molar-refractivity contribution in [3.05, 3.63) is 0 Å². The summed E-state index contributed by atoms with van der Waals surface area (Å²) in [6, 6.07) is -0.578. The van der Waals surface area contributed by atoms with E-state index in [1.165, 1.54) is 0 Å². The SMILES string of the molecule is C#CCN(CC(=O)O)C(=O)NC(C)CCOC. The molecule has 0 rings (SSSR count). The maximum atomic E-state index is 11.7. The quantitative estimate of drug-likeness (QED) is 0.622. The van der Waals surface area contributed by atoms with Crippen LogP contribution >= 0.6 is 0 Å². The van der Waals surface area contributed by atoms with Crippen molar-refractivity contribution in [1.82, 2.24) is 10.2 Å². The first-order valence-corrected chi connectivity index (χ1v) is 5.20. The number of carbonyl (C=O) groups excluding carboxylic acids is 1. The third-order valence-corrected chi connectivity index (χ3v) is 2.02. The number of nitrogens with one attached hydrogen (secondary N) is 1. The standard InChI is InChI=1S/C11H18N2O4/c1-4-6-13(8-10(14)15)11(16)12-9(2)5-7-17-3/h1,9H,5-8H2,2-3H3,(H,12,16)(H,14,15). The zero-order valence-corrected chi connectivity index (χ0v) is 10.1. The highest BCUT2D eigenvalue weighted by Crippen LogP contribution is 1.95. The van der Waals surface area contributed by atoms with Crippen LogP contribution in [0.5, 0.6) is 0 Å². The fraction of sp³-hybridized carbons (Fsp3) is 0.636. The summed E-state index contributed by atoms with van der Waals surface area (Å²) in [5.74, 6) is 1.15. The summed E-state index contributed by atoms with van der Waals surface area (Å²) in [4.78, 5) is 23.3. The highest BCUT2D eigenvalue weighted by molar-refractivity contribution is 5.80. The zero-order chi connectivity index (χ0) is 13.3. The van der Waals surface area contributed by atoms with E-state index in [1.54, 1.807) is 7.11 Å². The molecule has 1 atom stereocenters. The molecule has 0 aromatic carbocycles. The van der Waals surface area contributed by atoms with Gasteiger partial charge in [0.1, 0.15) is 6.54 Å². The largest absolute Gasteiger partial charge is 0.480 e. The van der Waals surface area contributed by atoms with E-state index in [1.807, 2.05) is 6.92 Å². The number of carboxylic acids is 1. The molecular formula is C11H18N2O4. The topological polar surface area (TPSA) is 78.9 Å². The van der Waals surface area contributed by atoms with Gasteiger partial charge in [0.15, 0.2) is 0 Å². The number of urea groups is 1. The van der Waals surface area contributed by atoms with Crippen LogP contribution < -0.4 is 5.32 Å². The Morgan fingerprint density at radius 2 is 2.24 bits per heavy atom. The molecular weight excluding hydrogens is 224 g/mol. The van der Waals surface area contributed by atoms with E-state index in [0.717, 1.165) is 4.90 Å². The molecule has 6 nitrogen and oxygen atoms in total. The Morgan fingerprint density at radius 1 is 1.59 bits per heavy atom. The first-order chi connectivity index (χ1) is 8.01. The van der Waals surface area contributed by atoms with E-state index in [4.69, 9.17) is 16.3 Å². The maximum absolute atomic E-state index is 11.7. The Balaban J connectivity index is 4.22. The van der Waals surface area contributed by atoms with Gasteiger partial charge in [-0.05, 0) is 13.3 Å². The lowest BCUT2D eigenvalue weighted by molar-refractivity contribution is -0.137. The number of amides is 2. The first-order valence-electron chi connectivity index (χ1n) is 5.20. The molecule has 2 amide bonds. The lowest BCUT2D eigenvalue weighted by atomic mass is 10.2. The summed E-state index contributed by atoms with van der Waals surface area (Å²) in [5, 5.41) is 11.3. The van der Waals surface area contributed by atoms with E-state index in [-0.39, 0.29) is 12.6 Å². The van der Waals surface area contributed by atoms with Crippen LogP contribution in [0.15, 0.2) is 0 Å². The molecule has 0 fully saturated rings. The number of ether oxygens (including phenoxy) is 1. The predicted molar refractivity (Wildman–Crippen MR) is 62.5 cm³/mol. The number of carboxylic acid groups (broad SMARTS) is 1. The molecule has 1 unspecified atom stereocenters. The number of terminal acetylenes is 1. The Kier molecular flexibility index (Phi) is 7.55. The molecule has 0 aromatic heterocycles. The van der Waals surface area contributed by atoms with Gasteiger partial charge in [0.05, 0.1) is 6.54 Å². The van der Waals surface area contributed by atoms with Crippen LogP contribution in [0.1, 0.15) is 13.3 Å². The number of nitrogens with zero attached hydrogens (tertiary/aromatic N) is 1. The minimum Gasteiger partial charge on any atom is -0.480 e. The average Bonchev–Trinajstić information content (AvgIpc) is 2.25. The smallest absolute Gasteiger partial charge is 0.323 e. The molecule has 6 heteroatoms. The molecule has 0 heterocycles.